The van der Waals surface area contributed by atoms with Crippen LogP contribution in [0.15, 0.2) is 18.2 Å². The Balaban J connectivity index is 2.88. The van der Waals surface area contributed by atoms with E-state index >= 15 is 0 Å². The Labute approximate surface area is 118 Å². The van der Waals surface area contributed by atoms with E-state index in [0.717, 1.165) is 6.07 Å². The molecule has 0 saturated carbocycles. The van der Waals surface area contributed by atoms with E-state index in [2.05, 4.69) is 10.6 Å². The second kappa shape index (κ2) is 7.17. The van der Waals surface area contributed by atoms with Crippen LogP contribution in [0.2, 0.25) is 0 Å². The van der Waals surface area contributed by atoms with Gasteiger partial charge in [-0.3, -0.25) is 4.79 Å². The van der Waals surface area contributed by atoms with Crippen LogP contribution in [-0.4, -0.2) is 36.0 Å². The maximum absolute atomic E-state index is 11.9. The minimum atomic E-state index is -2.71. The van der Waals surface area contributed by atoms with Crippen molar-refractivity contribution in [2.24, 2.45) is 0 Å². The van der Waals surface area contributed by atoms with E-state index in [0.29, 0.717) is 0 Å². The van der Waals surface area contributed by atoms with Gasteiger partial charge in [0.25, 0.3) is 6.43 Å². The molecule has 0 aliphatic heterocycles. The van der Waals surface area contributed by atoms with Crippen LogP contribution in [0, 0.1) is 0 Å². The van der Waals surface area contributed by atoms with Crippen LogP contribution in [0.1, 0.15) is 17.3 Å². The fraction of sp³-hybridized carbons (Fsp3) is 0.250. The number of carbonyl (C=O) groups is 3. The Hall–Kier alpha value is -2.71. The van der Waals surface area contributed by atoms with Crippen molar-refractivity contribution < 1.29 is 28.3 Å². The summed E-state index contributed by atoms with van der Waals surface area (Å²) in [7, 11) is 0. The molecule has 21 heavy (non-hydrogen) atoms. The van der Waals surface area contributed by atoms with Crippen LogP contribution >= 0.6 is 0 Å². The Morgan fingerprint density at radius 3 is 2.43 bits per heavy atom. The van der Waals surface area contributed by atoms with Gasteiger partial charge in [-0.2, -0.15) is 0 Å². The van der Waals surface area contributed by atoms with Crippen LogP contribution in [-0.2, 0) is 4.79 Å². The molecule has 114 valence electrons. The highest BCUT2D eigenvalue weighted by Crippen LogP contribution is 2.20. The maximum Gasteiger partial charge on any atom is 0.337 e. The number of carboxylic acids is 1. The van der Waals surface area contributed by atoms with E-state index in [-0.39, 0.29) is 22.8 Å². The lowest BCUT2D eigenvalue weighted by Gasteiger charge is -2.11. The number of carboxylic acid groups (broad SMARTS) is 1. The lowest BCUT2D eigenvalue weighted by molar-refractivity contribution is -0.114. The number of halogens is 2. The highest BCUT2D eigenvalue weighted by Gasteiger charge is 2.14. The molecule has 1 aromatic rings. The van der Waals surface area contributed by atoms with Gasteiger partial charge in [0.1, 0.15) is 0 Å². The fourth-order valence-electron chi connectivity index (χ4n) is 1.45. The molecule has 0 heterocycles. The van der Waals surface area contributed by atoms with Gasteiger partial charge in [0.05, 0.1) is 17.8 Å². The number of hydrogen-bond acceptors (Lipinski definition) is 3. The number of anilines is 2. The summed E-state index contributed by atoms with van der Waals surface area (Å²) in [5.74, 6) is -1.73. The van der Waals surface area contributed by atoms with Crippen molar-refractivity contribution >= 4 is 29.3 Å². The first kappa shape index (κ1) is 16.3. The topological polar surface area (TPSA) is 108 Å². The number of hydrogen-bond donors (Lipinski definition) is 4. The fourth-order valence-corrected chi connectivity index (χ4v) is 1.45. The van der Waals surface area contributed by atoms with E-state index in [1.807, 2.05) is 5.32 Å². The maximum atomic E-state index is 11.9. The first-order valence-corrected chi connectivity index (χ1v) is 5.77. The van der Waals surface area contributed by atoms with Crippen molar-refractivity contribution in [1.82, 2.24) is 5.32 Å². The molecule has 0 bridgehead atoms. The number of rotatable bonds is 5. The Kier molecular flexibility index (Phi) is 5.58. The molecule has 1 aromatic carbocycles. The van der Waals surface area contributed by atoms with Gasteiger partial charge in [0, 0.05) is 12.6 Å². The summed E-state index contributed by atoms with van der Waals surface area (Å²) < 4.78 is 23.9. The molecule has 0 fully saturated rings. The van der Waals surface area contributed by atoms with E-state index < -0.39 is 25.0 Å². The standard InChI is InChI=1S/C12H13F2N3O4/c1-6(18)16-7-2-3-9(8(4-7)11(19)20)17-12(21)15-5-10(13)14/h2-4,10H,5H2,1H3,(H,16,18)(H,19,20)(H2,15,17,21). The summed E-state index contributed by atoms with van der Waals surface area (Å²) in [5, 5.41) is 15.5. The summed E-state index contributed by atoms with van der Waals surface area (Å²) in [6.45, 7) is 0.405. The molecule has 0 aliphatic rings. The van der Waals surface area contributed by atoms with E-state index in [4.69, 9.17) is 5.11 Å². The molecule has 1 rings (SSSR count). The van der Waals surface area contributed by atoms with E-state index in [1.165, 1.54) is 19.1 Å². The Bertz CT molecular complexity index is 563. The van der Waals surface area contributed by atoms with Crippen molar-refractivity contribution in [2.75, 3.05) is 17.2 Å². The summed E-state index contributed by atoms with van der Waals surface area (Å²) >= 11 is 0. The zero-order valence-corrected chi connectivity index (χ0v) is 10.9. The third kappa shape index (κ3) is 5.43. The number of benzene rings is 1. The molecule has 0 aliphatic carbocycles. The number of aromatic carboxylic acids is 1. The van der Waals surface area contributed by atoms with Gasteiger partial charge in [-0.1, -0.05) is 0 Å². The van der Waals surface area contributed by atoms with Gasteiger partial charge in [-0.15, -0.1) is 0 Å². The molecular formula is C12H13F2N3O4. The highest BCUT2D eigenvalue weighted by molar-refractivity contribution is 6.01. The lowest BCUT2D eigenvalue weighted by atomic mass is 10.1. The number of nitrogens with one attached hydrogen (secondary N) is 3. The zero-order chi connectivity index (χ0) is 16.0. The summed E-state index contributed by atoms with van der Waals surface area (Å²) in [6.07, 6.45) is -2.71. The number of amides is 3. The van der Waals surface area contributed by atoms with Gasteiger partial charge >= 0.3 is 12.0 Å². The SMILES string of the molecule is CC(=O)Nc1ccc(NC(=O)NCC(F)F)c(C(=O)O)c1. The zero-order valence-electron chi connectivity index (χ0n) is 10.9. The van der Waals surface area contributed by atoms with Crippen molar-refractivity contribution in [3.05, 3.63) is 23.8 Å². The molecule has 0 atom stereocenters. The smallest absolute Gasteiger partial charge is 0.337 e. The van der Waals surface area contributed by atoms with Crippen LogP contribution in [0.4, 0.5) is 25.0 Å². The average Bonchev–Trinajstić information content (AvgIpc) is 2.37. The van der Waals surface area contributed by atoms with Crippen molar-refractivity contribution in [3.8, 4) is 0 Å². The molecule has 0 aromatic heterocycles. The monoisotopic (exact) mass is 301 g/mol. The summed E-state index contributed by atoms with van der Waals surface area (Å²) in [4.78, 5) is 33.3. The predicted octanol–water partition coefficient (Wildman–Crippen LogP) is 1.73. The van der Waals surface area contributed by atoms with Crippen molar-refractivity contribution in [1.29, 1.82) is 0 Å². The second-order valence-corrected chi connectivity index (χ2v) is 3.97. The first-order valence-electron chi connectivity index (χ1n) is 5.77. The van der Waals surface area contributed by atoms with Gasteiger partial charge in [0.2, 0.25) is 5.91 Å². The number of urea groups is 1. The third-order valence-corrected chi connectivity index (χ3v) is 2.24. The van der Waals surface area contributed by atoms with Gasteiger partial charge in [-0.25, -0.2) is 18.4 Å². The minimum absolute atomic E-state index is 0.0802. The van der Waals surface area contributed by atoms with Crippen LogP contribution in [0.5, 0.6) is 0 Å². The Morgan fingerprint density at radius 1 is 1.24 bits per heavy atom. The number of alkyl halides is 2. The quantitative estimate of drug-likeness (QED) is 0.664. The predicted molar refractivity (Wildman–Crippen MR) is 70.7 cm³/mol. The first-order chi connectivity index (χ1) is 9.79. The lowest BCUT2D eigenvalue weighted by Crippen LogP contribution is -2.33. The molecular weight excluding hydrogens is 288 g/mol. The van der Waals surface area contributed by atoms with Crippen LogP contribution in [0.25, 0.3) is 0 Å². The highest BCUT2D eigenvalue weighted by atomic mass is 19.3. The van der Waals surface area contributed by atoms with Gasteiger partial charge in [-0.05, 0) is 18.2 Å². The molecule has 4 N–H and O–H groups in total. The van der Waals surface area contributed by atoms with E-state index in [9.17, 15) is 23.2 Å². The van der Waals surface area contributed by atoms with Crippen molar-refractivity contribution in [2.45, 2.75) is 13.3 Å². The average molecular weight is 301 g/mol. The summed E-state index contributed by atoms with van der Waals surface area (Å²) in [5.41, 5.74) is -0.129. The summed E-state index contributed by atoms with van der Waals surface area (Å²) in [6, 6.07) is 2.81. The number of carbonyl (C=O) groups excluding carboxylic acids is 2. The molecule has 7 nitrogen and oxygen atoms in total. The molecule has 0 spiro atoms. The van der Waals surface area contributed by atoms with Crippen LogP contribution < -0.4 is 16.0 Å². The molecule has 0 unspecified atom stereocenters. The molecule has 9 heteroatoms. The third-order valence-electron chi connectivity index (χ3n) is 2.24. The normalized spacial score (nSPS) is 10.1. The molecule has 0 radical (unpaired) electrons. The second-order valence-electron chi connectivity index (χ2n) is 3.97. The molecule has 3 amide bonds. The minimum Gasteiger partial charge on any atom is -0.478 e. The van der Waals surface area contributed by atoms with Crippen LogP contribution in [0.3, 0.4) is 0 Å². The van der Waals surface area contributed by atoms with Crippen molar-refractivity contribution in [3.63, 3.8) is 0 Å². The Morgan fingerprint density at radius 2 is 1.90 bits per heavy atom. The largest absolute Gasteiger partial charge is 0.478 e. The van der Waals surface area contributed by atoms with Gasteiger partial charge < -0.3 is 21.1 Å². The molecule has 0 saturated heterocycles. The van der Waals surface area contributed by atoms with Gasteiger partial charge in [0.15, 0.2) is 0 Å². The van der Waals surface area contributed by atoms with E-state index in [1.54, 1.807) is 0 Å².